The third-order valence-electron chi connectivity index (χ3n) is 5.08. The standard InChI is InChI=1S/C19H32N4O3/c1-6-15(12-23-9-7-13(2)8-10-23)21-17(24)11-16-14(3)20-19(26-5)22-18(16)25-4/h13,15H,6-12H2,1-5H3,(H,21,24). The first-order chi connectivity index (χ1) is 12.5. The van der Waals surface area contributed by atoms with Crippen LogP contribution in [-0.4, -0.2) is 60.7 Å². The van der Waals surface area contributed by atoms with Crippen molar-refractivity contribution in [1.29, 1.82) is 0 Å². The van der Waals surface area contributed by atoms with Crippen molar-refractivity contribution in [2.45, 2.75) is 52.5 Å². The number of piperidine rings is 1. The van der Waals surface area contributed by atoms with Gasteiger partial charge in [-0.3, -0.25) is 4.79 Å². The number of likely N-dealkylation sites (tertiary alicyclic amines) is 1. The lowest BCUT2D eigenvalue weighted by Crippen LogP contribution is -2.46. The van der Waals surface area contributed by atoms with Gasteiger partial charge in [0.2, 0.25) is 11.8 Å². The molecule has 0 aliphatic carbocycles. The Labute approximate surface area is 156 Å². The topological polar surface area (TPSA) is 76.6 Å². The minimum absolute atomic E-state index is 0.0302. The minimum Gasteiger partial charge on any atom is -0.481 e. The molecule has 1 aromatic heterocycles. The van der Waals surface area contributed by atoms with Gasteiger partial charge in [-0.15, -0.1) is 0 Å². The molecule has 146 valence electrons. The molecule has 7 nitrogen and oxygen atoms in total. The van der Waals surface area contributed by atoms with Crippen LogP contribution in [-0.2, 0) is 11.2 Å². The molecule has 1 aromatic rings. The summed E-state index contributed by atoms with van der Waals surface area (Å²) >= 11 is 0. The molecule has 1 fully saturated rings. The van der Waals surface area contributed by atoms with Crippen LogP contribution in [0, 0.1) is 12.8 Å². The first-order valence-corrected chi connectivity index (χ1v) is 9.44. The monoisotopic (exact) mass is 364 g/mol. The molecule has 0 bridgehead atoms. The normalized spacial score (nSPS) is 17.0. The third-order valence-corrected chi connectivity index (χ3v) is 5.08. The molecule has 0 aromatic carbocycles. The highest BCUT2D eigenvalue weighted by molar-refractivity contribution is 5.79. The summed E-state index contributed by atoms with van der Waals surface area (Å²) in [5.41, 5.74) is 1.40. The van der Waals surface area contributed by atoms with Gasteiger partial charge in [0, 0.05) is 18.2 Å². The highest BCUT2D eigenvalue weighted by Gasteiger charge is 2.21. The van der Waals surface area contributed by atoms with E-state index < -0.39 is 0 Å². The number of methoxy groups -OCH3 is 2. The van der Waals surface area contributed by atoms with Crippen molar-refractivity contribution < 1.29 is 14.3 Å². The number of aryl methyl sites for hydroxylation is 1. The molecule has 1 unspecified atom stereocenters. The van der Waals surface area contributed by atoms with Crippen LogP contribution in [0.4, 0.5) is 0 Å². The molecule has 1 amide bonds. The fourth-order valence-corrected chi connectivity index (χ4v) is 3.28. The Balaban J connectivity index is 1.96. The summed E-state index contributed by atoms with van der Waals surface area (Å²) in [5.74, 6) is 1.17. The van der Waals surface area contributed by atoms with E-state index in [9.17, 15) is 4.79 Å². The lowest BCUT2D eigenvalue weighted by atomic mass is 9.98. The van der Waals surface area contributed by atoms with Gasteiger partial charge in [0.05, 0.1) is 26.3 Å². The van der Waals surface area contributed by atoms with Gasteiger partial charge in [0.25, 0.3) is 0 Å². The zero-order chi connectivity index (χ0) is 19.1. The van der Waals surface area contributed by atoms with E-state index in [1.54, 1.807) is 0 Å². The van der Waals surface area contributed by atoms with Gasteiger partial charge in [-0.05, 0) is 45.2 Å². The average molecular weight is 364 g/mol. The molecular weight excluding hydrogens is 332 g/mol. The molecule has 2 heterocycles. The van der Waals surface area contributed by atoms with Crippen LogP contribution in [0.2, 0.25) is 0 Å². The van der Waals surface area contributed by atoms with Gasteiger partial charge in [-0.1, -0.05) is 13.8 Å². The number of hydrogen-bond donors (Lipinski definition) is 1. The van der Waals surface area contributed by atoms with E-state index in [4.69, 9.17) is 9.47 Å². The van der Waals surface area contributed by atoms with Crippen LogP contribution in [0.5, 0.6) is 11.9 Å². The number of ether oxygens (including phenoxy) is 2. The van der Waals surface area contributed by atoms with Gasteiger partial charge in [0.15, 0.2) is 0 Å². The Kier molecular flexibility index (Phi) is 7.63. The van der Waals surface area contributed by atoms with Crippen molar-refractivity contribution in [2.75, 3.05) is 33.9 Å². The molecule has 0 spiro atoms. The molecule has 1 saturated heterocycles. The Bertz CT molecular complexity index is 601. The summed E-state index contributed by atoms with van der Waals surface area (Å²) in [7, 11) is 3.04. The Morgan fingerprint density at radius 3 is 2.54 bits per heavy atom. The summed E-state index contributed by atoms with van der Waals surface area (Å²) < 4.78 is 10.4. The molecule has 1 aliphatic rings. The number of carbonyl (C=O) groups excluding carboxylic acids is 1. The zero-order valence-electron chi connectivity index (χ0n) is 16.7. The van der Waals surface area contributed by atoms with Crippen molar-refractivity contribution in [1.82, 2.24) is 20.2 Å². The molecular formula is C19H32N4O3. The van der Waals surface area contributed by atoms with Crippen LogP contribution in [0.25, 0.3) is 0 Å². The molecule has 26 heavy (non-hydrogen) atoms. The smallest absolute Gasteiger partial charge is 0.319 e. The van der Waals surface area contributed by atoms with Gasteiger partial charge < -0.3 is 19.7 Å². The van der Waals surface area contributed by atoms with Crippen LogP contribution in [0.1, 0.15) is 44.4 Å². The van der Waals surface area contributed by atoms with Crippen LogP contribution < -0.4 is 14.8 Å². The number of rotatable bonds is 8. The van der Waals surface area contributed by atoms with E-state index in [-0.39, 0.29) is 24.4 Å². The second kappa shape index (κ2) is 9.71. The van der Waals surface area contributed by atoms with Gasteiger partial charge >= 0.3 is 6.01 Å². The van der Waals surface area contributed by atoms with E-state index in [2.05, 4.69) is 34.0 Å². The number of carbonyl (C=O) groups is 1. The number of amides is 1. The molecule has 7 heteroatoms. The van der Waals surface area contributed by atoms with E-state index in [0.29, 0.717) is 17.1 Å². The van der Waals surface area contributed by atoms with Crippen molar-refractivity contribution >= 4 is 5.91 Å². The van der Waals surface area contributed by atoms with E-state index in [0.717, 1.165) is 32.0 Å². The zero-order valence-corrected chi connectivity index (χ0v) is 16.7. The number of nitrogens with one attached hydrogen (secondary N) is 1. The fraction of sp³-hybridized carbons (Fsp3) is 0.737. The maximum atomic E-state index is 12.6. The first kappa shape index (κ1) is 20.4. The van der Waals surface area contributed by atoms with Gasteiger partial charge in [-0.2, -0.15) is 4.98 Å². The molecule has 2 rings (SSSR count). The van der Waals surface area contributed by atoms with Crippen molar-refractivity contribution in [3.63, 3.8) is 0 Å². The summed E-state index contributed by atoms with van der Waals surface area (Å²) in [4.78, 5) is 23.5. The minimum atomic E-state index is -0.0302. The quantitative estimate of drug-likeness (QED) is 0.760. The van der Waals surface area contributed by atoms with E-state index >= 15 is 0 Å². The SMILES string of the molecule is CCC(CN1CCC(C)CC1)NC(=O)Cc1c(C)nc(OC)nc1OC. The summed E-state index contributed by atoms with van der Waals surface area (Å²) in [6.07, 6.45) is 3.59. The fourth-order valence-electron chi connectivity index (χ4n) is 3.28. The summed E-state index contributed by atoms with van der Waals surface area (Å²) in [5, 5.41) is 3.16. The van der Waals surface area contributed by atoms with Crippen LogP contribution in [0.3, 0.4) is 0 Å². The second-order valence-electron chi connectivity index (χ2n) is 7.12. The predicted octanol–water partition coefficient (Wildman–Crippen LogP) is 1.97. The van der Waals surface area contributed by atoms with E-state index in [1.807, 2.05) is 6.92 Å². The molecule has 0 radical (unpaired) electrons. The Hall–Kier alpha value is -1.89. The van der Waals surface area contributed by atoms with Crippen LogP contribution >= 0.6 is 0 Å². The molecule has 1 aliphatic heterocycles. The largest absolute Gasteiger partial charge is 0.481 e. The summed E-state index contributed by atoms with van der Waals surface area (Å²) in [6.45, 7) is 9.40. The average Bonchev–Trinajstić information content (AvgIpc) is 2.64. The maximum absolute atomic E-state index is 12.6. The van der Waals surface area contributed by atoms with Crippen molar-refractivity contribution in [3.05, 3.63) is 11.3 Å². The summed E-state index contributed by atoms with van der Waals surface area (Å²) in [6, 6.07) is 0.399. The van der Waals surface area contributed by atoms with Crippen LogP contribution in [0.15, 0.2) is 0 Å². The molecule has 0 saturated carbocycles. The van der Waals surface area contributed by atoms with Crippen molar-refractivity contribution in [3.8, 4) is 11.9 Å². The maximum Gasteiger partial charge on any atom is 0.319 e. The predicted molar refractivity (Wildman–Crippen MR) is 101 cm³/mol. The van der Waals surface area contributed by atoms with E-state index in [1.165, 1.54) is 27.1 Å². The number of hydrogen-bond acceptors (Lipinski definition) is 6. The second-order valence-corrected chi connectivity index (χ2v) is 7.12. The van der Waals surface area contributed by atoms with Crippen molar-refractivity contribution in [2.24, 2.45) is 5.92 Å². The third kappa shape index (κ3) is 5.56. The highest BCUT2D eigenvalue weighted by atomic mass is 16.5. The molecule has 1 atom stereocenters. The lowest BCUT2D eigenvalue weighted by Gasteiger charge is -2.33. The number of nitrogens with zero attached hydrogens (tertiary/aromatic N) is 3. The van der Waals surface area contributed by atoms with Gasteiger partial charge in [0.1, 0.15) is 0 Å². The first-order valence-electron chi connectivity index (χ1n) is 9.44. The Morgan fingerprint density at radius 2 is 1.96 bits per heavy atom. The molecule has 1 N–H and O–H groups in total. The number of aromatic nitrogens is 2. The Morgan fingerprint density at radius 1 is 1.27 bits per heavy atom. The lowest BCUT2D eigenvalue weighted by molar-refractivity contribution is -0.121. The highest BCUT2D eigenvalue weighted by Crippen LogP contribution is 2.22. The van der Waals surface area contributed by atoms with Gasteiger partial charge in [-0.25, -0.2) is 4.98 Å².